The fourth-order valence-corrected chi connectivity index (χ4v) is 1.77. The second-order valence-corrected chi connectivity index (χ2v) is 4.15. The van der Waals surface area contributed by atoms with E-state index in [-0.39, 0.29) is 5.91 Å². The fourth-order valence-electron chi connectivity index (χ4n) is 1.77. The first-order valence-electron chi connectivity index (χ1n) is 5.98. The molecule has 0 atom stereocenters. The number of amides is 1. The van der Waals surface area contributed by atoms with Gasteiger partial charge in [0.05, 0.1) is 6.26 Å². The summed E-state index contributed by atoms with van der Waals surface area (Å²) in [5.41, 5.74) is 1.40. The van der Waals surface area contributed by atoms with Crippen molar-refractivity contribution < 1.29 is 13.6 Å². The van der Waals surface area contributed by atoms with Crippen LogP contribution in [-0.2, 0) is 4.79 Å². The molecule has 2 heterocycles. The number of carbonyl (C=O) groups excluding carboxylic acids is 1. The van der Waals surface area contributed by atoms with Gasteiger partial charge in [0.15, 0.2) is 5.76 Å². The molecule has 0 aliphatic carbocycles. The third-order valence-electron chi connectivity index (χ3n) is 2.59. The largest absolute Gasteiger partial charge is 0.459 e. The van der Waals surface area contributed by atoms with Gasteiger partial charge in [-0.15, -0.1) is 10.2 Å². The summed E-state index contributed by atoms with van der Waals surface area (Å²) in [5, 5.41) is 10.6. The molecule has 0 fully saturated rings. The minimum absolute atomic E-state index is 0.135. The van der Waals surface area contributed by atoms with Crippen molar-refractivity contribution in [2.24, 2.45) is 0 Å². The van der Waals surface area contributed by atoms with Gasteiger partial charge >= 0.3 is 0 Å². The SMILES string of the molecule is CC(=O)Nc1cccc(-c2nnc(-c3ccco3)o2)c1. The summed E-state index contributed by atoms with van der Waals surface area (Å²) in [6.07, 6.45) is 1.54. The molecular weight excluding hydrogens is 258 g/mol. The van der Waals surface area contributed by atoms with E-state index in [9.17, 15) is 4.79 Å². The molecule has 100 valence electrons. The van der Waals surface area contributed by atoms with E-state index >= 15 is 0 Å². The third kappa shape index (κ3) is 2.44. The number of carbonyl (C=O) groups is 1. The second kappa shape index (κ2) is 5.00. The maximum atomic E-state index is 11.0. The van der Waals surface area contributed by atoms with Crippen molar-refractivity contribution in [1.82, 2.24) is 10.2 Å². The normalized spacial score (nSPS) is 10.4. The summed E-state index contributed by atoms with van der Waals surface area (Å²) in [5.74, 6) is 1.06. The van der Waals surface area contributed by atoms with Crippen molar-refractivity contribution in [2.45, 2.75) is 6.92 Å². The molecule has 0 saturated carbocycles. The van der Waals surface area contributed by atoms with Gasteiger partial charge in [0.1, 0.15) is 0 Å². The lowest BCUT2D eigenvalue weighted by Crippen LogP contribution is -2.05. The topological polar surface area (TPSA) is 81.2 Å². The Bertz CT molecular complexity index is 732. The minimum Gasteiger partial charge on any atom is -0.459 e. The van der Waals surface area contributed by atoms with E-state index in [1.807, 2.05) is 6.07 Å². The highest BCUT2D eigenvalue weighted by Crippen LogP contribution is 2.25. The molecule has 1 amide bonds. The minimum atomic E-state index is -0.135. The Labute approximate surface area is 114 Å². The average molecular weight is 269 g/mol. The zero-order chi connectivity index (χ0) is 13.9. The Morgan fingerprint density at radius 2 is 2.00 bits per heavy atom. The second-order valence-electron chi connectivity index (χ2n) is 4.15. The molecule has 0 saturated heterocycles. The van der Waals surface area contributed by atoms with E-state index in [1.165, 1.54) is 13.2 Å². The Morgan fingerprint density at radius 3 is 2.75 bits per heavy atom. The van der Waals surface area contributed by atoms with Crippen molar-refractivity contribution in [3.8, 4) is 23.1 Å². The van der Waals surface area contributed by atoms with Crippen LogP contribution in [0.5, 0.6) is 0 Å². The number of benzene rings is 1. The fraction of sp³-hybridized carbons (Fsp3) is 0.0714. The van der Waals surface area contributed by atoms with Crippen LogP contribution in [0.2, 0.25) is 0 Å². The number of anilines is 1. The number of rotatable bonds is 3. The van der Waals surface area contributed by atoms with Crippen LogP contribution >= 0.6 is 0 Å². The van der Waals surface area contributed by atoms with Gasteiger partial charge in [-0.2, -0.15) is 0 Å². The van der Waals surface area contributed by atoms with E-state index < -0.39 is 0 Å². The van der Waals surface area contributed by atoms with Gasteiger partial charge in [-0.25, -0.2) is 0 Å². The molecule has 1 aromatic carbocycles. The first kappa shape index (κ1) is 12.2. The molecule has 0 unspecified atom stereocenters. The van der Waals surface area contributed by atoms with Crippen LogP contribution in [0.25, 0.3) is 23.1 Å². The maximum absolute atomic E-state index is 11.0. The standard InChI is InChI=1S/C14H11N3O3/c1-9(18)15-11-5-2-4-10(8-11)13-16-17-14(20-13)12-6-3-7-19-12/h2-8H,1H3,(H,15,18). The monoisotopic (exact) mass is 269 g/mol. The number of furan rings is 1. The molecule has 0 aliphatic rings. The van der Waals surface area contributed by atoms with Crippen molar-refractivity contribution in [2.75, 3.05) is 5.32 Å². The lowest BCUT2D eigenvalue weighted by molar-refractivity contribution is -0.114. The van der Waals surface area contributed by atoms with Crippen molar-refractivity contribution >= 4 is 11.6 Å². The molecular formula is C14H11N3O3. The summed E-state index contributed by atoms with van der Waals surface area (Å²) in [6, 6.07) is 10.7. The van der Waals surface area contributed by atoms with Crippen LogP contribution in [-0.4, -0.2) is 16.1 Å². The quantitative estimate of drug-likeness (QED) is 0.790. The van der Waals surface area contributed by atoms with Crippen molar-refractivity contribution in [1.29, 1.82) is 0 Å². The maximum Gasteiger partial charge on any atom is 0.283 e. The summed E-state index contributed by atoms with van der Waals surface area (Å²) >= 11 is 0. The molecule has 6 heteroatoms. The lowest BCUT2D eigenvalue weighted by atomic mass is 10.2. The Hall–Kier alpha value is -2.89. The molecule has 0 spiro atoms. The number of nitrogens with zero attached hydrogens (tertiary/aromatic N) is 2. The number of nitrogens with one attached hydrogen (secondary N) is 1. The number of aromatic nitrogens is 2. The van der Waals surface area contributed by atoms with Crippen LogP contribution < -0.4 is 5.32 Å². The zero-order valence-electron chi connectivity index (χ0n) is 10.7. The first-order chi connectivity index (χ1) is 9.72. The van der Waals surface area contributed by atoms with E-state index in [0.29, 0.717) is 23.2 Å². The van der Waals surface area contributed by atoms with Gasteiger partial charge in [0.25, 0.3) is 5.89 Å². The molecule has 0 radical (unpaired) electrons. The predicted octanol–water partition coefficient (Wildman–Crippen LogP) is 2.96. The number of hydrogen-bond donors (Lipinski definition) is 1. The van der Waals surface area contributed by atoms with Crippen LogP contribution in [0.3, 0.4) is 0 Å². The summed E-state index contributed by atoms with van der Waals surface area (Å²) < 4.78 is 10.7. The Morgan fingerprint density at radius 1 is 1.15 bits per heavy atom. The lowest BCUT2D eigenvalue weighted by Gasteiger charge is -2.02. The van der Waals surface area contributed by atoms with Crippen LogP contribution in [0.4, 0.5) is 5.69 Å². The van der Waals surface area contributed by atoms with Crippen molar-refractivity contribution in [3.63, 3.8) is 0 Å². The molecule has 3 aromatic rings. The van der Waals surface area contributed by atoms with Crippen LogP contribution in [0.1, 0.15) is 6.92 Å². The molecule has 3 rings (SSSR count). The van der Waals surface area contributed by atoms with Gasteiger partial charge in [0.2, 0.25) is 11.8 Å². The third-order valence-corrected chi connectivity index (χ3v) is 2.59. The van der Waals surface area contributed by atoms with E-state index in [4.69, 9.17) is 8.83 Å². The highest BCUT2D eigenvalue weighted by molar-refractivity contribution is 5.89. The van der Waals surface area contributed by atoms with E-state index in [1.54, 1.807) is 30.3 Å². The van der Waals surface area contributed by atoms with E-state index in [2.05, 4.69) is 15.5 Å². The Kier molecular flexibility index (Phi) is 3.04. The highest BCUT2D eigenvalue weighted by atomic mass is 16.4. The molecule has 1 N–H and O–H groups in total. The van der Waals surface area contributed by atoms with Gasteiger partial charge in [0, 0.05) is 18.2 Å². The van der Waals surface area contributed by atoms with Gasteiger partial charge in [-0.05, 0) is 30.3 Å². The van der Waals surface area contributed by atoms with Crippen LogP contribution in [0.15, 0.2) is 51.5 Å². The molecule has 20 heavy (non-hydrogen) atoms. The summed E-state index contributed by atoms with van der Waals surface area (Å²) in [7, 11) is 0. The number of hydrogen-bond acceptors (Lipinski definition) is 5. The zero-order valence-corrected chi connectivity index (χ0v) is 10.7. The van der Waals surface area contributed by atoms with Gasteiger partial charge in [-0.1, -0.05) is 6.07 Å². The molecule has 6 nitrogen and oxygen atoms in total. The smallest absolute Gasteiger partial charge is 0.283 e. The molecule has 2 aromatic heterocycles. The summed E-state index contributed by atoms with van der Waals surface area (Å²) in [6.45, 7) is 1.45. The predicted molar refractivity (Wildman–Crippen MR) is 71.7 cm³/mol. The molecule has 0 bridgehead atoms. The average Bonchev–Trinajstić information content (AvgIpc) is 3.09. The van der Waals surface area contributed by atoms with E-state index in [0.717, 1.165) is 5.56 Å². The summed E-state index contributed by atoms with van der Waals surface area (Å²) in [4.78, 5) is 11.0. The van der Waals surface area contributed by atoms with Crippen LogP contribution in [0, 0.1) is 0 Å². The Balaban J connectivity index is 1.91. The van der Waals surface area contributed by atoms with Crippen molar-refractivity contribution in [3.05, 3.63) is 42.7 Å². The molecule has 0 aliphatic heterocycles. The first-order valence-corrected chi connectivity index (χ1v) is 5.98. The van der Waals surface area contributed by atoms with Gasteiger partial charge in [-0.3, -0.25) is 4.79 Å². The highest BCUT2D eigenvalue weighted by Gasteiger charge is 2.12. The van der Waals surface area contributed by atoms with Gasteiger partial charge < -0.3 is 14.2 Å².